The van der Waals surface area contributed by atoms with Crippen LogP contribution in [0.15, 0.2) is 36.5 Å². The van der Waals surface area contributed by atoms with Crippen molar-refractivity contribution in [3.63, 3.8) is 0 Å². The van der Waals surface area contributed by atoms with Gasteiger partial charge < -0.3 is 14.7 Å². The Morgan fingerprint density at radius 1 is 1.27 bits per heavy atom. The topological polar surface area (TPSA) is 58.5 Å². The summed E-state index contributed by atoms with van der Waals surface area (Å²) in [6.45, 7) is 5.45. The van der Waals surface area contributed by atoms with Crippen LogP contribution in [0.4, 0.5) is 5.82 Å². The fourth-order valence-corrected chi connectivity index (χ4v) is 2.72. The van der Waals surface area contributed by atoms with Crippen molar-refractivity contribution < 1.29 is 9.84 Å². The van der Waals surface area contributed by atoms with Crippen LogP contribution in [-0.4, -0.2) is 40.4 Å². The van der Waals surface area contributed by atoms with Crippen molar-refractivity contribution in [3.05, 3.63) is 47.9 Å². The van der Waals surface area contributed by atoms with Gasteiger partial charge in [-0.15, -0.1) is 0 Å². The molecule has 1 aliphatic heterocycles. The molecule has 1 N–H and O–H groups in total. The Morgan fingerprint density at radius 3 is 2.86 bits per heavy atom. The van der Waals surface area contributed by atoms with Gasteiger partial charge in [-0.3, -0.25) is 0 Å². The van der Waals surface area contributed by atoms with Crippen LogP contribution in [0.3, 0.4) is 0 Å². The van der Waals surface area contributed by atoms with E-state index in [4.69, 9.17) is 4.74 Å². The van der Waals surface area contributed by atoms with Gasteiger partial charge in [0.1, 0.15) is 29.6 Å². The average Bonchev–Trinajstić information content (AvgIpc) is 2.90. The molecule has 0 saturated carbocycles. The first-order valence-electron chi connectivity index (χ1n) is 7.51. The number of β-amino-alcohol motifs (C(OH)–C–C–N with tert-alkyl or cyclic N) is 1. The molecule has 0 spiro atoms. The monoisotopic (exact) mass is 299 g/mol. The van der Waals surface area contributed by atoms with Crippen LogP contribution in [0.2, 0.25) is 0 Å². The van der Waals surface area contributed by atoms with Gasteiger partial charge in [0.2, 0.25) is 0 Å². The van der Waals surface area contributed by atoms with E-state index in [-0.39, 0.29) is 0 Å². The molecule has 3 rings (SSSR count). The summed E-state index contributed by atoms with van der Waals surface area (Å²) < 4.78 is 5.82. The second-order valence-corrected chi connectivity index (χ2v) is 5.91. The second-order valence-electron chi connectivity index (χ2n) is 5.91. The standard InChI is InChI=1S/C17H21N3O2/c1-13-5-3-4-6-15(13)22-12-17(21)8-10-20(11-17)16-7-9-18-14(2)19-16/h3-7,9,21H,8,10-12H2,1-2H3/t17-/m1/s1. The van der Waals surface area contributed by atoms with Gasteiger partial charge in [0, 0.05) is 12.7 Å². The first-order valence-corrected chi connectivity index (χ1v) is 7.51. The fourth-order valence-electron chi connectivity index (χ4n) is 2.72. The van der Waals surface area contributed by atoms with E-state index in [0.29, 0.717) is 19.6 Å². The quantitative estimate of drug-likeness (QED) is 0.937. The molecule has 1 aromatic carbocycles. The van der Waals surface area contributed by atoms with Gasteiger partial charge in [-0.05, 0) is 38.0 Å². The number of hydrogen-bond donors (Lipinski definition) is 1. The van der Waals surface area contributed by atoms with Crippen molar-refractivity contribution in [1.82, 2.24) is 9.97 Å². The lowest BCUT2D eigenvalue weighted by molar-refractivity contribution is 0.0142. The number of aromatic nitrogens is 2. The maximum atomic E-state index is 10.7. The largest absolute Gasteiger partial charge is 0.490 e. The van der Waals surface area contributed by atoms with E-state index >= 15 is 0 Å². The molecule has 2 heterocycles. The Kier molecular flexibility index (Phi) is 3.98. The molecule has 0 aliphatic carbocycles. The number of hydrogen-bond acceptors (Lipinski definition) is 5. The highest BCUT2D eigenvalue weighted by Crippen LogP contribution is 2.27. The summed E-state index contributed by atoms with van der Waals surface area (Å²) in [5.74, 6) is 2.43. The minimum Gasteiger partial charge on any atom is -0.490 e. The van der Waals surface area contributed by atoms with Gasteiger partial charge in [0.05, 0.1) is 6.54 Å². The maximum absolute atomic E-state index is 10.7. The van der Waals surface area contributed by atoms with E-state index in [1.165, 1.54) is 0 Å². The van der Waals surface area contributed by atoms with E-state index < -0.39 is 5.60 Å². The number of aryl methyl sites for hydroxylation is 2. The van der Waals surface area contributed by atoms with Crippen LogP contribution in [0, 0.1) is 13.8 Å². The number of ether oxygens (including phenoxy) is 1. The van der Waals surface area contributed by atoms with Crippen molar-refractivity contribution in [1.29, 1.82) is 0 Å². The van der Waals surface area contributed by atoms with Crippen LogP contribution in [0.25, 0.3) is 0 Å². The molecule has 5 nitrogen and oxygen atoms in total. The van der Waals surface area contributed by atoms with Gasteiger partial charge in [-0.2, -0.15) is 0 Å². The van der Waals surface area contributed by atoms with Gasteiger partial charge in [0.15, 0.2) is 0 Å². The predicted molar refractivity (Wildman–Crippen MR) is 85.2 cm³/mol. The SMILES string of the molecule is Cc1nccc(N2CC[C@](O)(COc3ccccc3C)C2)n1. The molecule has 0 bridgehead atoms. The first kappa shape index (κ1) is 14.8. The molecule has 2 aromatic rings. The molecule has 0 unspecified atom stereocenters. The molecular formula is C17H21N3O2. The number of rotatable bonds is 4. The van der Waals surface area contributed by atoms with Crippen molar-refractivity contribution in [3.8, 4) is 5.75 Å². The molecule has 116 valence electrons. The number of anilines is 1. The Hall–Kier alpha value is -2.14. The van der Waals surface area contributed by atoms with Crippen LogP contribution in [0.5, 0.6) is 5.75 Å². The smallest absolute Gasteiger partial charge is 0.132 e. The highest BCUT2D eigenvalue weighted by Gasteiger charge is 2.37. The molecule has 1 saturated heterocycles. The minimum atomic E-state index is -0.846. The van der Waals surface area contributed by atoms with Crippen LogP contribution < -0.4 is 9.64 Å². The molecule has 1 fully saturated rings. The third-order valence-corrected chi connectivity index (χ3v) is 4.01. The summed E-state index contributed by atoms with van der Waals surface area (Å²) >= 11 is 0. The molecule has 1 aromatic heterocycles. The highest BCUT2D eigenvalue weighted by molar-refractivity contribution is 5.40. The minimum absolute atomic E-state index is 0.290. The number of aliphatic hydroxyl groups is 1. The molecule has 1 atom stereocenters. The Labute approximate surface area is 130 Å². The van der Waals surface area contributed by atoms with Crippen LogP contribution in [0.1, 0.15) is 17.8 Å². The number of nitrogens with zero attached hydrogens (tertiary/aromatic N) is 3. The summed E-state index contributed by atoms with van der Waals surface area (Å²) in [6.07, 6.45) is 2.42. The molecule has 0 amide bonds. The Bertz CT molecular complexity index is 662. The maximum Gasteiger partial charge on any atom is 0.132 e. The van der Waals surface area contributed by atoms with E-state index in [1.54, 1.807) is 6.20 Å². The molecule has 1 aliphatic rings. The highest BCUT2D eigenvalue weighted by atomic mass is 16.5. The van der Waals surface area contributed by atoms with Gasteiger partial charge in [-0.1, -0.05) is 18.2 Å². The second kappa shape index (κ2) is 5.93. The van der Waals surface area contributed by atoms with E-state index in [2.05, 4.69) is 14.9 Å². The van der Waals surface area contributed by atoms with Crippen molar-refractivity contribution in [2.24, 2.45) is 0 Å². The lowest BCUT2D eigenvalue weighted by atomic mass is 10.1. The molecule has 22 heavy (non-hydrogen) atoms. The third kappa shape index (κ3) is 3.20. The van der Waals surface area contributed by atoms with Gasteiger partial charge in [0.25, 0.3) is 0 Å². The fraction of sp³-hybridized carbons (Fsp3) is 0.412. The van der Waals surface area contributed by atoms with Gasteiger partial charge >= 0.3 is 0 Å². The number of para-hydroxylation sites is 1. The van der Waals surface area contributed by atoms with E-state index in [0.717, 1.165) is 29.5 Å². The molecule has 5 heteroatoms. The summed E-state index contributed by atoms with van der Waals surface area (Å²) in [4.78, 5) is 10.6. The third-order valence-electron chi connectivity index (χ3n) is 4.01. The zero-order valence-electron chi connectivity index (χ0n) is 13.0. The molecule has 0 radical (unpaired) electrons. The molecular weight excluding hydrogens is 278 g/mol. The first-order chi connectivity index (χ1) is 10.6. The van der Waals surface area contributed by atoms with Crippen molar-refractivity contribution in [2.45, 2.75) is 25.9 Å². The van der Waals surface area contributed by atoms with Gasteiger partial charge in [-0.25, -0.2) is 9.97 Å². The summed E-state index contributed by atoms with van der Waals surface area (Å²) in [6, 6.07) is 9.73. The predicted octanol–water partition coefficient (Wildman–Crippen LogP) is 2.11. The lowest BCUT2D eigenvalue weighted by Crippen LogP contribution is -2.39. The van der Waals surface area contributed by atoms with Crippen molar-refractivity contribution >= 4 is 5.82 Å². The lowest BCUT2D eigenvalue weighted by Gasteiger charge is -2.24. The van der Waals surface area contributed by atoms with E-state index in [1.807, 2.05) is 44.2 Å². The summed E-state index contributed by atoms with van der Waals surface area (Å²) in [5.41, 5.74) is 0.230. The van der Waals surface area contributed by atoms with Crippen LogP contribution in [-0.2, 0) is 0 Å². The van der Waals surface area contributed by atoms with E-state index in [9.17, 15) is 5.11 Å². The zero-order chi connectivity index (χ0) is 15.6. The normalized spacial score (nSPS) is 21.1. The van der Waals surface area contributed by atoms with Crippen LogP contribution >= 0.6 is 0 Å². The summed E-state index contributed by atoms with van der Waals surface area (Å²) in [5, 5.41) is 10.7. The van der Waals surface area contributed by atoms with Crippen molar-refractivity contribution in [2.75, 3.05) is 24.6 Å². The average molecular weight is 299 g/mol. The summed E-state index contributed by atoms with van der Waals surface area (Å²) in [7, 11) is 0. The Balaban J connectivity index is 1.64. The zero-order valence-corrected chi connectivity index (χ0v) is 13.0. The number of benzene rings is 1. The Morgan fingerprint density at radius 2 is 2.09 bits per heavy atom.